The second kappa shape index (κ2) is 7.33. The van der Waals surface area contributed by atoms with Gasteiger partial charge in [-0.3, -0.25) is 4.90 Å². The molecule has 1 heterocycles. The average molecular weight is 255 g/mol. The molecule has 0 bridgehead atoms. The van der Waals surface area contributed by atoms with Crippen molar-refractivity contribution in [3.05, 3.63) is 11.6 Å². The summed E-state index contributed by atoms with van der Waals surface area (Å²) in [5, 5.41) is 0. The predicted molar refractivity (Wildman–Crippen MR) is 86.2 cm³/mol. The molecule has 0 amide bonds. The highest BCUT2D eigenvalue weighted by Gasteiger charge is 2.41. The quantitative estimate of drug-likeness (QED) is 0.516. The molecule has 1 fully saturated rings. The van der Waals surface area contributed by atoms with Crippen LogP contribution < -0.4 is 0 Å². The lowest BCUT2D eigenvalue weighted by atomic mass is 9.75. The zero-order chi connectivity index (χ0) is 13.9. The normalized spacial score (nSPS) is 22.3. The van der Waals surface area contributed by atoms with Gasteiger partial charge in [-0.15, -0.1) is 0 Å². The molecule has 0 aromatic heterocycles. The molecule has 0 aromatic rings. The lowest BCUT2D eigenvalue weighted by Gasteiger charge is -2.53. The first-order valence-corrected chi connectivity index (χ1v) is 6.86. The number of nitrogens with zero attached hydrogens (tertiary/aromatic N) is 1. The van der Waals surface area contributed by atoms with Gasteiger partial charge in [0.1, 0.15) is 0 Å². The minimum Gasteiger partial charge on any atom is -0.296 e. The summed E-state index contributed by atoms with van der Waals surface area (Å²) in [7, 11) is 2.26. The van der Waals surface area contributed by atoms with Gasteiger partial charge in [0.05, 0.1) is 0 Å². The Morgan fingerprint density at radius 1 is 1.06 bits per heavy atom. The van der Waals surface area contributed by atoms with Gasteiger partial charge in [-0.05, 0) is 74.3 Å². The molecule has 0 N–H and O–H groups in total. The van der Waals surface area contributed by atoms with Gasteiger partial charge in [0.25, 0.3) is 0 Å². The van der Waals surface area contributed by atoms with E-state index in [0.717, 1.165) is 5.92 Å². The van der Waals surface area contributed by atoms with Gasteiger partial charge in [-0.1, -0.05) is 26.0 Å². The Morgan fingerprint density at radius 3 is 1.56 bits per heavy atom. The van der Waals surface area contributed by atoms with Crippen LogP contribution in [-0.4, -0.2) is 23.0 Å². The summed E-state index contributed by atoms with van der Waals surface area (Å²) in [6, 6.07) is 0. The van der Waals surface area contributed by atoms with Gasteiger partial charge in [-0.2, -0.15) is 0 Å². The summed E-state index contributed by atoms with van der Waals surface area (Å²) in [6.45, 7) is 18.0. The van der Waals surface area contributed by atoms with Gasteiger partial charge in [-0.25, -0.2) is 0 Å². The van der Waals surface area contributed by atoms with Crippen LogP contribution in [0.15, 0.2) is 11.6 Å². The highest BCUT2D eigenvalue weighted by Crippen LogP contribution is 2.39. The van der Waals surface area contributed by atoms with Crippen molar-refractivity contribution >= 4 is 0 Å². The van der Waals surface area contributed by atoms with Crippen LogP contribution >= 0.6 is 0 Å². The smallest absolute Gasteiger partial charge is 0.0158 e. The molecule has 0 aliphatic carbocycles. The number of hydrogen-bond donors (Lipinski definition) is 0. The van der Waals surface area contributed by atoms with Crippen LogP contribution in [0.5, 0.6) is 0 Å². The first-order valence-electron chi connectivity index (χ1n) is 6.86. The topological polar surface area (TPSA) is 3.24 Å². The molecule has 1 aliphatic heterocycles. The molecular formula is C17H37N. The fourth-order valence-corrected chi connectivity index (χ4v) is 2.87. The predicted octanol–water partition coefficient (Wildman–Crippen LogP) is 5.51. The number of rotatable bonds is 0. The van der Waals surface area contributed by atoms with Crippen molar-refractivity contribution in [2.24, 2.45) is 5.92 Å². The molecule has 1 aliphatic rings. The fourth-order valence-electron chi connectivity index (χ4n) is 2.87. The van der Waals surface area contributed by atoms with E-state index in [4.69, 9.17) is 0 Å². The lowest BCUT2D eigenvalue weighted by molar-refractivity contribution is -0.0255. The van der Waals surface area contributed by atoms with Gasteiger partial charge < -0.3 is 0 Å². The first kappa shape index (κ1) is 20.0. The molecule has 1 heteroatoms. The van der Waals surface area contributed by atoms with E-state index in [9.17, 15) is 0 Å². The zero-order valence-corrected chi connectivity index (χ0v) is 13.5. The van der Waals surface area contributed by atoms with Gasteiger partial charge >= 0.3 is 0 Å². The first-order chi connectivity index (χ1) is 7.53. The van der Waals surface area contributed by atoms with Crippen molar-refractivity contribution in [2.75, 3.05) is 7.05 Å². The molecule has 0 unspecified atom stereocenters. The Morgan fingerprint density at radius 2 is 1.33 bits per heavy atom. The maximum atomic E-state index is 2.53. The minimum absolute atomic E-state index is 0. The molecule has 0 spiro atoms. The summed E-state index contributed by atoms with van der Waals surface area (Å²) < 4.78 is 0. The van der Waals surface area contributed by atoms with Gasteiger partial charge in [0, 0.05) is 11.1 Å². The molecule has 1 rings (SSSR count). The standard InChI is InChI=1S/C11H23N.C5H10.CH4/c1-9-7-10(2,3)12(6)11(4,5)8-9;1-4-5(2)3;/h9H,7-8H2,1-6H3;4H,1-3H3;1H4. The minimum atomic E-state index is 0. The van der Waals surface area contributed by atoms with E-state index in [-0.39, 0.29) is 7.43 Å². The van der Waals surface area contributed by atoms with Crippen molar-refractivity contribution in [1.29, 1.82) is 0 Å². The number of allylic oxidation sites excluding steroid dienone is 2. The van der Waals surface area contributed by atoms with Gasteiger partial charge in [0.15, 0.2) is 0 Å². The number of likely N-dealkylation sites (tertiary alicyclic amines) is 1. The monoisotopic (exact) mass is 255 g/mol. The van der Waals surface area contributed by atoms with Crippen LogP contribution in [0, 0.1) is 5.92 Å². The van der Waals surface area contributed by atoms with E-state index in [1.807, 2.05) is 6.92 Å². The van der Waals surface area contributed by atoms with Crippen molar-refractivity contribution in [3.8, 4) is 0 Å². The van der Waals surface area contributed by atoms with Crippen molar-refractivity contribution in [1.82, 2.24) is 4.90 Å². The van der Waals surface area contributed by atoms with E-state index < -0.39 is 0 Å². The van der Waals surface area contributed by atoms with Crippen LogP contribution in [-0.2, 0) is 0 Å². The Bertz CT molecular complexity index is 239. The summed E-state index contributed by atoms with van der Waals surface area (Å²) in [5.74, 6) is 0.867. The van der Waals surface area contributed by atoms with Gasteiger partial charge in [0.2, 0.25) is 0 Å². The molecule has 0 aromatic carbocycles. The third kappa shape index (κ3) is 6.04. The fraction of sp³-hybridized carbons (Fsp3) is 0.882. The molecule has 0 atom stereocenters. The molecule has 1 saturated heterocycles. The van der Waals surface area contributed by atoms with E-state index in [2.05, 4.69) is 66.5 Å². The summed E-state index contributed by atoms with van der Waals surface area (Å²) in [4.78, 5) is 2.53. The Hall–Kier alpha value is -0.300. The Labute approximate surface area is 117 Å². The maximum Gasteiger partial charge on any atom is 0.0158 e. The summed E-state index contributed by atoms with van der Waals surface area (Å²) in [6.07, 6.45) is 4.74. The van der Waals surface area contributed by atoms with Crippen molar-refractivity contribution in [2.45, 2.75) is 86.7 Å². The summed E-state index contributed by atoms with van der Waals surface area (Å²) >= 11 is 0. The van der Waals surface area contributed by atoms with Crippen molar-refractivity contribution < 1.29 is 0 Å². The SMILES string of the molecule is C.CC1CC(C)(C)N(C)C(C)(C)C1.CC=C(C)C. The largest absolute Gasteiger partial charge is 0.296 e. The van der Waals surface area contributed by atoms with E-state index >= 15 is 0 Å². The van der Waals surface area contributed by atoms with Crippen LogP contribution in [0.2, 0.25) is 0 Å². The number of piperidine rings is 1. The second-order valence-corrected chi connectivity index (χ2v) is 7.06. The van der Waals surface area contributed by atoms with Crippen LogP contribution in [0.1, 0.15) is 75.7 Å². The van der Waals surface area contributed by atoms with Crippen LogP contribution in [0.3, 0.4) is 0 Å². The molecule has 110 valence electrons. The third-order valence-electron chi connectivity index (χ3n) is 4.09. The van der Waals surface area contributed by atoms with Crippen molar-refractivity contribution in [3.63, 3.8) is 0 Å². The Balaban J connectivity index is 0. The number of hydrogen-bond acceptors (Lipinski definition) is 1. The van der Waals surface area contributed by atoms with E-state index in [0.29, 0.717) is 11.1 Å². The molecular weight excluding hydrogens is 218 g/mol. The third-order valence-corrected chi connectivity index (χ3v) is 4.09. The average Bonchev–Trinajstić information content (AvgIpc) is 2.13. The summed E-state index contributed by atoms with van der Waals surface area (Å²) in [5.41, 5.74) is 2.13. The maximum absolute atomic E-state index is 2.53. The van der Waals surface area contributed by atoms with Crippen LogP contribution in [0.25, 0.3) is 0 Å². The van der Waals surface area contributed by atoms with E-state index in [1.165, 1.54) is 18.4 Å². The molecule has 18 heavy (non-hydrogen) atoms. The molecule has 1 nitrogen and oxygen atoms in total. The molecule has 0 radical (unpaired) electrons. The Kier molecular flexibility index (Phi) is 8.15. The highest BCUT2D eigenvalue weighted by atomic mass is 15.2. The molecule has 0 saturated carbocycles. The highest BCUT2D eigenvalue weighted by molar-refractivity contribution is 4.97. The zero-order valence-electron chi connectivity index (χ0n) is 13.5. The van der Waals surface area contributed by atoms with E-state index in [1.54, 1.807) is 0 Å². The van der Waals surface area contributed by atoms with Crippen LogP contribution in [0.4, 0.5) is 0 Å². The lowest BCUT2D eigenvalue weighted by Crippen LogP contribution is -2.58. The second-order valence-electron chi connectivity index (χ2n) is 7.06.